The molecule has 0 bridgehead atoms. The number of aromatic nitrogens is 1. The Kier molecular flexibility index (Phi) is 2.72. The molecule has 0 saturated heterocycles. The van der Waals surface area contributed by atoms with Crippen LogP contribution in [0.3, 0.4) is 0 Å². The Morgan fingerprint density at radius 2 is 2.45 bits per heavy atom. The fourth-order valence-electron chi connectivity index (χ4n) is 0.681. The van der Waals surface area contributed by atoms with E-state index < -0.39 is 0 Å². The average Bonchev–Trinajstić information content (AvgIpc) is 2.06. The summed E-state index contributed by atoms with van der Waals surface area (Å²) in [6, 6.07) is 4.56. The molecule has 1 rings (SSSR count). The zero-order chi connectivity index (χ0) is 8.10. The summed E-state index contributed by atoms with van der Waals surface area (Å²) in [7, 11) is 1.58. The van der Waals surface area contributed by atoms with E-state index in [4.69, 9.17) is 9.47 Å². The average molecular weight is 152 g/mol. The van der Waals surface area contributed by atoms with Crippen molar-refractivity contribution >= 4 is 0 Å². The summed E-state index contributed by atoms with van der Waals surface area (Å²) in [5.74, 6) is 1.12. The van der Waals surface area contributed by atoms with Gasteiger partial charge in [0.25, 0.3) is 0 Å². The van der Waals surface area contributed by atoms with E-state index in [1.807, 2.05) is 6.92 Å². The molecule has 1 aromatic rings. The minimum atomic E-state index is 0.479. The molecule has 0 amide bonds. The molecule has 0 aliphatic rings. The van der Waals surface area contributed by atoms with E-state index >= 15 is 0 Å². The van der Waals surface area contributed by atoms with Crippen molar-refractivity contribution in [1.29, 1.82) is 0 Å². The molecule has 0 N–H and O–H groups in total. The summed E-state index contributed by atoms with van der Waals surface area (Å²) in [6.45, 7) is 2.49. The highest BCUT2D eigenvalue weighted by Gasteiger charge is 1.96. The summed E-state index contributed by atoms with van der Waals surface area (Å²) in [5.41, 5.74) is 0. The number of pyridine rings is 1. The molecular formula is C8H10NO2. The Hall–Kier alpha value is -1.25. The maximum absolute atomic E-state index is 5.10. The van der Waals surface area contributed by atoms with Crippen molar-refractivity contribution in [2.75, 3.05) is 13.7 Å². The third-order valence-corrected chi connectivity index (χ3v) is 1.15. The zero-order valence-electron chi connectivity index (χ0n) is 6.63. The van der Waals surface area contributed by atoms with Crippen molar-refractivity contribution < 1.29 is 9.47 Å². The maximum Gasteiger partial charge on any atom is 0.225 e. The van der Waals surface area contributed by atoms with Gasteiger partial charge >= 0.3 is 0 Å². The monoisotopic (exact) mass is 152 g/mol. The second-order valence-corrected chi connectivity index (χ2v) is 1.88. The van der Waals surface area contributed by atoms with Gasteiger partial charge in [-0.3, -0.25) is 0 Å². The fraction of sp³-hybridized carbons (Fsp3) is 0.375. The second kappa shape index (κ2) is 3.81. The van der Waals surface area contributed by atoms with Gasteiger partial charge in [-0.1, -0.05) is 0 Å². The minimum Gasteiger partial charge on any atom is -0.496 e. The molecular weight excluding hydrogens is 142 g/mol. The van der Waals surface area contributed by atoms with Crippen molar-refractivity contribution in [3.8, 4) is 11.6 Å². The number of methoxy groups -OCH3 is 1. The molecule has 1 heterocycles. The third-order valence-electron chi connectivity index (χ3n) is 1.15. The molecule has 3 heteroatoms. The summed E-state index contributed by atoms with van der Waals surface area (Å²) in [6.07, 6.45) is 1.63. The van der Waals surface area contributed by atoms with Gasteiger partial charge in [-0.05, 0) is 13.0 Å². The van der Waals surface area contributed by atoms with Crippen LogP contribution in [0.15, 0.2) is 12.3 Å². The van der Waals surface area contributed by atoms with E-state index in [-0.39, 0.29) is 0 Å². The van der Waals surface area contributed by atoms with Crippen molar-refractivity contribution in [2.24, 2.45) is 0 Å². The number of hydrogen-bond donors (Lipinski definition) is 0. The lowest BCUT2D eigenvalue weighted by Crippen LogP contribution is -1.94. The van der Waals surface area contributed by atoms with Crippen LogP contribution >= 0.6 is 0 Å². The van der Waals surface area contributed by atoms with Crippen LogP contribution in [-0.2, 0) is 0 Å². The van der Waals surface area contributed by atoms with Crippen LogP contribution in [0.25, 0.3) is 0 Å². The molecule has 0 saturated carbocycles. The fourth-order valence-corrected chi connectivity index (χ4v) is 0.681. The van der Waals surface area contributed by atoms with Crippen molar-refractivity contribution in [2.45, 2.75) is 6.92 Å². The van der Waals surface area contributed by atoms with Crippen LogP contribution in [0.2, 0.25) is 0 Å². The van der Waals surface area contributed by atoms with Gasteiger partial charge in [0.15, 0.2) is 0 Å². The van der Waals surface area contributed by atoms with Crippen molar-refractivity contribution in [3.05, 3.63) is 18.3 Å². The first-order valence-corrected chi connectivity index (χ1v) is 3.42. The van der Waals surface area contributed by atoms with Crippen LogP contribution in [-0.4, -0.2) is 18.7 Å². The molecule has 59 valence electrons. The molecule has 0 spiro atoms. The second-order valence-electron chi connectivity index (χ2n) is 1.88. The molecule has 0 fully saturated rings. The van der Waals surface area contributed by atoms with Crippen LogP contribution in [0.5, 0.6) is 11.6 Å². The van der Waals surface area contributed by atoms with Crippen LogP contribution in [0, 0.1) is 6.07 Å². The Morgan fingerprint density at radius 1 is 1.64 bits per heavy atom. The van der Waals surface area contributed by atoms with E-state index in [0.717, 1.165) is 0 Å². The lowest BCUT2D eigenvalue weighted by atomic mass is 10.4. The molecule has 0 aliphatic heterocycles. The van der Waals surface area contributed by atoms with Crippen molar-refractivity contribution in [1.82, 2.24) is 4.98 Å². The number of nitrogens with zero attached hydrogens (tertiary/aromatic N) is 1. The van der Waals surface area contributed by atoms with Crippen LogP contribution < -0.4 is 9.47 Å². The molecule has 1 aromatic heterocycles. The smallest absolute Gasteiger partial charge is 0.225 e. The predicted molar refractivity (Wildman–Crippen MR) is 40.8 cm³/mol. The molecule has 3 nitrogen and oxygen atoms in total. The van der Waals surface area contributed by atoms with E-state index in [1.54, 1.807) is 19.4 Å². The van der Waals surface area contributed by atoms with Gasteiger partial charge in [-0.15, -0.1) is 0 Å². The van der Waals surface area contributed by atoms with Gasteiger partial charge in [0.2, 0.25) is 5.88 Å². The van der Waals surface area contributed by atoms with Gasteiger partial charge in [-0.2, -0.15) is 0 Å². The van der Waals surface area contributed by atoms with E-state index in [0.29, 0.717) is 18.2 Å². The first-order chi connectivity index (χ1) is 5.36. The quantitative estimate of drug-likeness (QED) is 0.654. The first-order valence-electron chi connectivity index (χ1n) is 3.42. The van der Waals surface area contributed by atoms with Gasteiger partial charge < -0.3 is 9.47 Å². The summed E-state index contributed by atoms with van der Waals surface area (Å²) in [5, 5.41) is 0. The predicted octanol–water partition coefficient (Wildman–Crippen LogP) is 1.29. The van der Waals surface area contributed by atoms with Crippen LogP contribution in [0.1, 0.15) is 6.92 Å². The molecule has 11 heavy (non-hydrogen) atoms. The number of ether oxygens (including phenoxy) is 2. The Bertz CT molecular complexity index is 225. The number of rotatable bonds is 3. The van der Waals surface area contributed by atoms with Gasteiger partial charge in [0.05, 0.1) is 19.8 Å². The largest absolute Gasteiger partial charge is 0.496 e. The highest BCUT2D eigenvalue weighted by atomic mass is 16.5. The van der Waals surface area contributed by atoms with Gasteiger partial charge in [0.1, 0.15) is 5.75 Å². The highest BCUT2D eigenvalue weighted by molar-refractivity contribution is 5.23. The summed E-state index contributed by atoms with van der Waals surface area (Å²) < 4.78 is 10.0. The molecule has 0 aromatic carbocycles. The Morgan fingerprint density at radius 3 is 3.09 bits per heavy atom. The number of hydrogen-bond acceptors (Lipinski definition) is 3. The maximum atomic E-state index is 5.10. The third kappa shape index (κ3) is 2.11. The first kappa shape index (κ1) is 7.85. The standard InChI is InChI=1S/C8H10NO2/c1-3-11-8-6-7(10-2)4-5-9-8/h4-5H,3H2,1-2H3. The molecule has 1 radical (unpaired) electrons. The molecule has 0 unspecified atom stereocenters. The zero-order valence-corrected chi connectivity index (χ0v) is 6.63. The molecule has 0 aliphatic carbocycles. The lowest BCUT2D eigenvalue weighted by molar-refractivity contribution is 0.321. The minimum absolute atomic E-state index is 0.479. The highest BCUT2D eigenvalue weighted by Crippen LogP contribution is 2.13. The van der Waals surface area contributed by atoms with E-state index in [9.17, 15) is 0 Å². The van der Waals surface area contributed by atoms with E-state index in [2.05, 4.69) is 11.1 Å². The molecule has 0 atom stereocenters. The van der Waals surface area contributed by atoms with Gasteiger partial charge in [0, 0.05) is 6.20 Å². The van der Waals surface area contributed by atoms with Crippen LogP contribution in [0.4, 0.5) is 0 Å². The van der Waals surface area contributed by atoms with E-state index in [1.165, 1.54) is 0 Å². The normalized spacial score (nSPS) is 9.27. The Labute approximate surface area is 66.0 Å². The summed E-state index contributed by atoms with van der Waals surface area (Å²) >= 11 is 0. The van der Waals surface area contributed by atoms with Gasteiger partial charge in [-0.25, -0.2) is 4.98 Å². The SMILES string of the molecule is CCOc1[c]c(OC)ccn1. The Balaban J connectivity index is 2.74. The summed E-state index contributed by atoms with van der Waals surface area (Å²) in [4.78, 5) is 3.92. The van der Waals surface area contributed by atoms with Crippen molar-refractivity contribution in [3.63, 3.8) is 0 Å². The topological polar surface area (TPSA) is 31.4 Å². The lowest BCUT2D eigenvalue weighted by Gasteiger charge is -2.02.